The summed E-state index contributed by atoms with van der Waals surface area (Å²) in [6.07, 6.45) is -2.25. The number of alkyl halides is 3. The number of amides is 1. The predicted molar refractivity (Wildman–Crippen MR) is 111 cm³/mol. The number of H-pyrrole nitrogens is 1. The maximum Gasteiger partial charge on any atom is 0.433 e. The van der Waals surface area contributed by atoms with Crippen LogP contribution in [0.15, 0.2) is 59.8 Å². The van der Waals surface area contributed by atoms with Gasteiger partial charge in [-0.2, -0.15) is 18.3 Å². The molecule has 5 N–H and O–H groups in total. The van der Waals surface area contributed by atoms with Crippen LogP contribution in [-0.2, 0) is 6.18 Å². The number of carbonyl (C=O) groups excluding carboxylic acids is 1. The number of carbonyl (C=O) groups is 1. The fourth-order valence-electron chi connectivity index (χ4n) is 3.56. The minimum Gasteiger partial charge on any atom is -0.366 e. The number of hydrogen-bond acceptors (Lipinski definition) is 5. The van der Waals surface area contributed by atoms with E-state index in [4.69, 9.17) is 11.5 Å². The molecule has 1 amide bonds. The molecule has 0 saturated carbocycles. The van der Waals surface area contributed by atoms with Gasteiger partial charge in [0.15, 0.2) is 0 Å². The number of nitrogens with zero attached hydrogens (tertiary/aromatic N) is 3. The van der Waals surface area contributed by atoms with Gasteiger partial charge in [0.25, 0.3) is 5.56 Å². The summed E-state index contributed by atoms with van der Waals surface area (Å²) < 4.78 is 40.9. The van der Waals surface area contributed by atoms with Crippen LogP contribution in [-0.4, -0.2) is 32.2 Å². The summed E-state index contributed by atoms with van der Waals surface area (Å²) in [5, 5.41) is 5.65. The van der Waals surface area contributed by atoms with Gasteiger partial charge in [-0.1, -0.05) is 18.2 Å². The highest BCUT2D eigenvalue weighted by Crippen LogP contribution is 2.35. The van der Waals surface area contributed by atoms with Gasteiger partial charge in [0.05, 0.1) is 29.5 Å². The lowest BCUT2D eigenvalue weighted by Crippen LogP contribution is -2.31. The minimum atomic E-state index is -4.61. The van der Waals surface area contributed by atoms with Crippen LogP contribution in [0.25, 0.3) is 22.0 Å². The number of halogens is 3. The molecule has 1 unspecified atom stereocenters. The zero-order valence-electron chi connectivity index (χ0n) is 16.4. The first-order valence-corrected chi connectivity index (χ1v) is 9.42. The minimum absolute atomic E-state index is 0.0390. The maximum absolute atomic E-state index is 13.2. The number of rotatable bonds is 5. The van der Waals surface area contributed by atoms with Crippen LogP contribution in [0.2, 0.25) is 0 Å². The first-order chi connectivity index (χ1) is 15.2. The van der Waals surface area contributed by atoms with Gasteiger partial charge in [-0.25, -0.2) is 4.98 Å². The molecule has 0 saturated heterocycles. The van der Waals surface area contributed by atoms with Gasteiger partial charge in [0, 0.05) is 17.7 Å². The molecular formula is C21H17F3N6O2. The summed E-state index contributed by atoms with van der Waals surface area (Å²) >= 11 is 0. The highest BCUT2D eigenvalue weighted by atomic mass is 19.4. The van der Waals surface area contributed by atoms with E-state index >= 15 is 0 Å². The first-order valence-electron chi connectivity index (χ1n) is 9.42. The number of aromatic amines is 1. The lowest BCUT2D eigenvalue weighted by Gasteiger charge is -2.19. The van der Waals surface area contributed by atoms with E-state index in [-0.39, 0.29) is 34.1 Å². The van der Waals surface area contributed by atoms with Crippen molar-refractivity contribution in [2.24, 2.45) is 11.5 Å². The highest BCUT2D eigenvalue weighted by molar-refractivity contribution is 5.93. The quantitative estimate of drug-likeness (QED) is 0.437. The van der Waals surface area contributed by atoms with Crippen LogP contribution in [0.3, 0.4) is 0 Å². The molecule has 2 heterocycles. The average molecular weight is 442 g/mol. The second-order valence-electron chi connectivity index (χ2n) is 7.09. The summed E-state index contributed by atoms with van der Waals surface area (Å²) in [6.45, 7) is 0.0390. The molecule has 2 aromatic carbocycles. The van der Waals surface area contributed by atoms with Gasteiger partial charge < -0.3 is 11.5 Å². The Morgan fingerprint density at radius 1 is 1.19 bits per heavy atom. The van der Waals surface area contributed by atoms with Crippen molar-refractivity contribution in [2.75, 3.05) is 6.54 Å². The number of hydrogen-bond donors (Lipinski definition) is 3. The van der Waals surface area contributed by atoms with Gasteiger partial charge in [0.1, 0.15) is 5.69 Å². The zero-order chi connectivity index (χ0) is 23.0. The summed E-state index contributed by atoms with van der Waals surface area (Å²) in [7, 11) is 0. The molecule has 0 aliphatic heterocycles. The highest BCUT2D eigenvalue weighted by Gasteiger charge is 2.36. The number of primary amides is 1. The second-order valence-corrected chi connectivity index (χ2v) is 7.09. The molecule has 2 aromatic heterocycles. The number of nitrogens with one attached hydrogen (secondary N) is 1. The fourth-order valence-corrected chi connectivity index (χ4v) is 3.56. The van der Waals surface area contributed by atoms with Crippen molar-refractivity contribution >= 4 is 16.8 Å². The Labute approximate surface area is 178 Å². The molecule has 0 aliphatic carbocycles. The van der Waals surface area contributed by atoms with Gasteiger partial charge in [-0.05, 0) is 35.4 Å². The van der Waals surface area contributed by atoms with Crippen molar-refractivity contribution < 1.29 is 18.0 Å². The van der Waals surface area contributed by atoms with Gasteiger partial charge in [-0.3, -0.25) is 19.3 Å². The number of fused-ring (bicyclic) bond motifs is 1. The Morgan fingerprint density at radius 2 is 1.97 bits per heavy atom. The number of benzene rings is 2. The predicted octanol–water partition coefficient (Wildman–Crippen LogP) is 2.45. The Balaban J connectivity index is 1.79. The molecule has 4 rings (SSSR count). The molecule has 0 spiro atoms. The summed E-state index contributed by atoms with van der Waals surface area (Å²) in [5.74, 6) is -0.614. The SMILES string of the molecule is NCC(c1cccc(C(N)=O)c1)n1cnc2cc(-c3cn[nH]c3C(F)(F)F)ccc2c1=O. The summed E-state index contributed by atoms with van der Waals surface area (Å²) in [4.78, 5) is 28.9. The van der Waals surface area contributed by atoms with Crippen LogP contribution >= 0.6 is 0 Å². The smallest absolute Gasteiger partial charge is 0.366 e. The van der Waals surface area contributed by atoms with Crippen molar-refractivity contribution in [3.05, 3.63) is 82.2 Å². The van der Waals surface area contributed by atoms with Crippen molar-refractivity contribution in [3.8, 4) is 11.1 Å². The van der Waals surface area contributed by atoms with E-state index in [1.807, 2.05) is 5.10 Å². The average Bonchev–Trinajstić information content (AvgIpc) is 3.26. The molecular weight excluding hydrogens is 425 g/mol. The number of nitrogens with two attached hydrogens (primary N) is 2. The standard InChI is InChI=1S/C21H17F3N6O2/c22-21(23,24)18-15(9-28-29-18)11-4-5-14-16(7-11)27-10-30(20(14)32)17(8-25)12-2-1-3-13(6-12)19(26)31/h1-7,9-10,17H,8,25H2,(H2,26,31)(H,28,29). The van der Waals surface area contributed by atoms with Gasteiger partial charge >= 0.3 is 6.18 Å². The largest absolute Gasteiger partial charge is 0.433 e. The van der Waals surface area contributed by atoms with Crippen molar-refractivity contribution in [2.45, 2.75) is 12.2 Å². The lowest BCUT2D eigenvalue weighted by atomic mass is 10.0. The zero-order valence-corrected chi connectivity index (χ0v) is 16.4. The third-order valence-corrected chi connectivity index (χ3v) is 5.13. The molecule has 0 fully saturated rings. The molecule has 11 heteroatoms. The van der Waals surface area contributed by atoms with E-state index in [1.54, 1.807) is 24.3 Å². The molecule has 4 aromatic rings. The Hall–Kier alpha value is -3.99. The van der Waals surface area contributed by atoms with Crippen molar-refractivity contribution in [1.82, 2.24) is 19.7 Å². The first kappa shape index (κ1) is 21.2. The summed E-state index contributed by atoms with van der Waals surface area (Å²) in [6, 6.07) is 10.0. The molecule has 0 bridgehead atoms. The third kappa shape index (κ3) is 3.73. The molecule has 1 atom stereocenters. The van der Waals surface area contributed by atoms with Gasteiger partial charge in [0.2, 0.25) is 5.91 Å². The molecule has 8 nitrogen and oxygen atoms in total. The molecule has 164 valence electrons. The maximum atomic E-state index is 13.2. The molecule has 32 heavy (non-hydrogen) atoms. The van der Waals surface area contributed by atoms with E-state index in [0.717, 1.165) is 6.20 Å². The van der Waals surface area contributed by atoms with Crippen LogP contribution in [0.4, 0.5) is 13.2 Å². The lowest BCUT2D eigenvalue weighted by molar-refractivity contribution is -0.140. The van der Waals surface area contributed by atoms with E-state index in [2.05, 4.69) is 10.1 Å². The van der Waals surface area contributed by atoms with Crippen LogP contribution in [0.5, 0.6) is 0 Å². The third-order valence-electron chi connectivity index (χ3n) is 5.13. The summed E-state index contributed by atoms with van der Waals surface area (Å²) in [5.41, 5.74) is 11.0. The van der Waals surface area contributed by atoms with E-state index < -0.39 is 29.4 Å². The number of aromatic nitrogens is 4. The van der Waals surface area contributed by atoms with E-state index in [0.29, 0.717) is 5.56 Å². The normalized spacial score (nSPS) is 12.8. The molecule has 0 radical (unpaired) electrons. The fraction of sp³-hybridized carbons (Fsp3) is 0.143. The van der Waals surface area contributed by atoms with Crippen LogP contribution in [0.1, 0.15) is 27.7 Å². The van der Waals surface area contributed by atoms with Crippen LogP contribution < -0.4 is 17.0 Å². The second kappa shape index (κ2) is 7.93. The van der Waals surface area contributed by atoms with Gasteiger partial charge in [-0.15, -0.1) is 0 Å². The Kier molecular flexibility index (Phi) is 5.26. The van der Waals surface area contributed by atoms with Crippen LogP contribution in [0, 0.1) is 0 Å². The van der Waals surface area contributed by atoms with Crippen molar-refractivity contribution in [3.63, 3.8) is 0 Å². The Morgan fingerprint density at radius 3 is 2.66 bits per heavy atom. The van der Waals surface area contributed by atoms with E-state index in [9.17, 15) is 22.8 Å². The Bertz CT molecular complexity index is 1380. The topological polar surface area (TPSA) is 133 Å². The van der Waals surface area contributed by atoms with Crippen molar-refractivity contribution in [1.29, 1.82) is 0 Å². The molecule has 0 aliphatic rings. The van der Waals surface area contributed by atoms with E-state index in [1.165, 1.54) is 29.1 Å². The monoisotopic (exact) mass is 442 g/mol.